The summed E-state index contributed by atoms with van der Waals surface area (Å²) in [5, 5.41) is 3.46. The third kappa shape index (κ3) is 6.46. The summed E-state index contributed by atoms with van der Waals surface area (Å²) in [6.07, 6.45) is 3.74. The molecule has 0 spiro atoms. The summed E-state index contributed by atoms with van der Waals surface area (Å²) in [6, 6.07) is 0.612. The molecule has 96 valence electrons. The maximum Gasteiger partial charge on any atom is 0.0469 e. The van der Waals surface area contributed by atoms with Crippen LogP contribution in [-0.4, -0.2) is 50.8 Å². The lowest BCUT2D eigenvalue weighted by Crippen LogP contribution is -2.32. The molecule has 0 saturated carbocycles. The second-order valence-corrected chi connectivity index (χ2v) is 5.28. The molecule has 0 aromatic carbocycles. The zero-order valence-corrected chi connectivity index (χ0v) is 11.2. The molecule has 0 radical (unpaired) electrons. The van der Waals surface area contributed by atoms with E-state index in [1.165, 1.54) is 32.4 Å². The van der Waals surface area contributed by atoms with Crippen molar-refractivity contribution in [1.82, 2.24) is 10.2 Å². The predicted octanol–water partition coefficient (Wildman–Crippen LogP) is 1.73. The summed E-state index contributed by atoms with van der Waals surface area (Å²) in [7, 11) is 2.24. The smallest absolute Gasteiger partial charge is 0.0469 e. The van der Waals surface area contributed by atoms with E-state index in [2.05, 4.69) is 31.1 Å². The summed E-state index contributed by atoms with van der Waals surface area (Å²) < 4.78 is 5.38. The van der Waals surface area contributed by atoms with Crippen LogP contribution in [0.5, 0.6) is 0 Å². The number of ether oxygens (including phenoxy) is 1. The SMILES string of the molecule is CC(C)NCCCN(C)CC1CCOCC1. The summed E-state index contributed by atoms with van der Waals surface area (Å²) >= 11 is 0. The van der Waals surface area contributed by atoms with Gasteiger partial charge in [0.1, 0.15) is 0 Å². The highest BCUT2D eigenvalue weighted by Gasteiger charge is 2.15. The number of nitrogens with one attached hydrogen (secondary N) is 1. The molecular formula is C13H28N2O. The normalized spacial score (nSPS) is 18.6. The maximum absolute atomic E-state index is 5.38. The first kappa shape index (κ1) is 13.9. The van der Waals surface area contributed by atoms with E-state index in [1.807, 2.05) is 0 Å². The summed E-state index contributed by atoms with van der Waals surface area (Å²) in [6.45, 7) is 9.91. The van der Waals surface area contributed by atoms with E-state index in [4.69, 9.17) is 4.74 Å². The Balaban J connectivity index is 1.99. The molecular weight excluding hydrogens is 200 g/mol. The third-order valence-corrected chi connectivity index (χ3v) is 3.18. The van der Waals surface area contributed by atoms with E-state index in [9.17, 15) is 0 Å². The molecule has 1 aliphatic rings. The Kier molecular flexibility index (Phi) is 7.01. The van der Waals surface area contributed by atoms with Gasteiger partial charge in [0.2, 0.25) is 0 Å². The highest BCUT2D eigenvalue weighted by Crippen LogP contribution is 2.15. The highest BCUT2D eigenvalue weighted by atomic mass is 16.5. The van der Waals surface area contributed by atoms with Gasteiger partial charge in [-0.25, -0.2) is 0 Å². The molecule has 1 N–H and O–H groups in total. The van der Waals surface area contributed by atoms with Crippen molar-refractivity contribution >= 4 is 0 Å². The van der Waals surface area contributed by atoms with Crippen LogP contribution < -0.4 is 5.32 Å². The minimum Gasteiger partial charge on any atom is -0.381 e. The molecule has 1 saturated heterocycles. The van der Waals surface area contributed by atoms with Crippen molar-refractivity contribution in [2.45, 2.75) is 39.2 Å². The minimum absolute atomic E-state index is 0.612. The molecule has 0 unspecified atom stereocenters. The first-order chi connectivity index (χ1) is 7.68. The van der Waals surface area contributed by atoms with Crippen molar-refractivity contribution < 1.29 is 4.74 Å². The van der Waals surface area contributed by atoms with Gasteiger partial charge in [0.25, 0.3) is 0 Å². The molecule has 1 heterocycles. The lowest BCUT2D eigenvalue weighted by Gasteiger charge is -2.27. The molecule has 1 fully saturated rings. The Morgan fingerprint density at radius 3 is 2.62 bits per heavy atom. The molecule has 1 aliphatic heterocycles. The fourth-order valence-electron chi connectivity index (χ4n) is 2.20. The molecule has 0 atom stereocenters. The van der Waals surface area contributed by atoms with E-state index in [1.54, 1.807) is 0 Å². The fraction of sp³-hybridized carbons (Fsp3) is 1.00. The van der Waals surface area contributed by atoms with Crippen LogP contribution in [0.4, 0.5) is 0 Å². The zero-order chi connectivity index (χ0) is 11.8. The van der Waals surface area contributed by atoms with E-state index < -0.39 is 0 Å². The van der Waals surface area contributed by atoms with Gasteiger partial charge in [0.05, 0.1) is 0 Å². The summed E-state index contributed by atoms with van der Waals surface area (Å²) in [5.74, 6) is 0.858. The second-order valence-electron chi connectivity index (χ2n) is 5.28. The molecule has 16 heavy (non-hydrogen) atoms. The molecule has 1 rings (SSSR count). The van der Waals surface area contributed by atoms with Gasteiger partial charge >= 0.3 is 0 Å². The van der Waals surface area contributed by atoms with Gasteiger partial charge in [-0.05, 0) is 45.3 Å². The Morgan fingerprint density at radius 2 is 2.00 bits per heavy atom. The average Bonchev–Trinajstić information content (AvgIpc) is 2.25. The zero-order valence-electron chi connectivity index (χ0n) is 11.2. The van der Waals surface area contributed by atoms with E-state index >= 15 is 0 Å². The van der Waals surface area contributed by atoms with Crippen molar-refractivity contribution in [3.63, 3.8) is 0 Å². The molecule has 0 bridgehead atoms. The van der Waals surface area contributed by atoms with Crippen LogP contribution in [-0.2, 0) is 4.74 Å². The first-order valence-corrected chi connectivity index (χ1v) is 6.68. The average molecular weight is 228 g/mol. The van der Waals surface area contributed by atoms with Crippen molar-refractivity contribution in [1.29, 1.82) is 0 Å². The Morgan fingerprint density at radius 1 is 1.31 bits per heavy atom. The first-order valence-electron chi connectivity index (χ1n) is 6.68. The van der Waals surface area contributed by atoms with Gasteiger partial charge in [-0.15, -0.1) is 0 Å². The summed E-state index contributed by atoms with van der Waals surface area (Å²) in [5.41, 5.74) is 0. The van der Waals surface area contributed by atoms with Crippen LogP contribution in [0.1, 0.15) is 33.1 Å². The van der Waals surface area contributed by atoms with Gasteiger partial charge in [-0.1, -0.05) is 13.8 Å². The molecule has 0 aromatic heterocycles. The second kappa shape index (κ2) is 8.04. The number of nitrogens with zero attached hydrogens (tertiary/aromatic N) is 1. The van der Waals surface area contributed by atoms with Crippen LogP contribution in [0.2, 0.25) is 0 Å². The molecule has 3 heteroatoms. The Hall–Kier alpha value is -0.120. The number of hydrogen-bond acceptors (Lipinski definition) is 3. The predicted molar refractivity (Wildman–Crippen MR) is 68.8 cm³/mol. The lowest BCUT2D eigenvalue weighted by molar-refractivity contribution is 0.0556. The van der Waals surface area contributed by atoms with Crippen LogP contribution in [0.3, 0.4) is 0 Å². The standard InChI is InChI=1S/C13H28N2O/c1-12(2)14-7-4-8-15(3)11-13-5-9-16-10-6-13/h12-14H,4-11H2,1-3H3. The van der Waals surface area contributed by atoms with Gasteiger partial charge < -0.3 is 15.0 Å². The van der Waals surface area contributed by atoms with Crippen molar-refractivity contribution in [2.75, 3.05) is 39.9 Å². The topological polar surface area (TPSA) is 24.5 Å². The summed E-state index contributed by atoms with van der Waals surface area (Å²) in [4.78, 5) is 2.47. The molecule has 0 amide bonds. The quantitative estimate of drug-likeness (QED) is 0.672. The molecule has 0 aliphatic carbocycles. The molecule has 0 aromatic rings. The molecule has 3 nitrogen and oxygen atoms in total. The van der Waals surface area contributed by atoms with E-state index in [-0.39, 0.29) is 0 Å². The van der Waals surface area contributed by atoms with Gasteiger partial charge in [0, 0.05) is 25.8 Å². The monoisotopic (exact) mass is 228 g/mol. The van der Waals surface area contributed by atoms with Crippen LogP contribution in [0.25, 0.3) is 0 Å². The Bertz CT molecular complexity index is 167. The van der Waals surface area contributed by atoms with Gasteiger partial charge in [-0.2, -0.15) is 0 Å². The van der Waals surface area contributed by atoms with Crippen molar-refractivity contribution in [3.05, 3.63) is 0 Å². The van der Waals surface area contributed by atoms with E-state index in [0.717, 1.165) is 25.7 Å². The Labute approximate surface area is 101 Å². The number of rotatable bonds is 7. The largest absolute Gasteiger partial charge is 0.381 e. The number of hydrogen-bond donors (Lipinski definition) is 1. The van der Waals surface area contributed by atoms with Crippen molar-refractivity contribution in [2.24, 2.45) is 5.92 Å². The van der Waals surface area contributed by atoms with Crippen LogP contribution in [0, 0.1) is 5.92 Å². The van der Waals surface area contributed by atoms with Gasteiger partial charge in [0.15, 0.2) is 0 Å². The lowest BCUT2D eigenvalue weighted by atomic mass is 10.00. The van der Waals surface area contributed by atoms with Crippen molar-refractivity contribution in [3.8, 4) is 0 Å². The van der Waals surface area contributed by atoms with E-state index in [0.29, 0.717) is 6.04 Å². The van der Waals surface area contributed by atoms with Crippen LogP contribution >= 0.6 is 0 Å². The fourth-order valence-corrected chi connectivity index (χ4v) is 2.20. The minimum atomic E-state index is 0.612. The third-order valence-electron chi connectivity index (χ3n) is 3.18. The van der Waals surface area contributed by atoms with Crippen LogP contribution in [0.15, 0.2) is 0 Å². The maximum atomic E-state index is 5.38. The van der Waals surface area contributed by atoms with Gasteiger partial charge in [-0.3, -0.25) is 0 Å². The highest BCUT2D eigenvalue weighted by molar-refractivity contribution is 4.67.